The molecule has 36 heavy (non-hydrogen) atoms. The Morgan fingerprint density at radius 1 is 1.00 bits per heavy atom. The van der Waals surface area contributed by atoms with Gasteiger partial charge in [-0.2, -0.15) is 26.3 Å². The zero-order chi connectivity index (χ0) is 27.9. The van der Waals surface area contributed by atoms with E-state index in [9.17, 15) is 31.1 Å². The molecule has 0 radical (unpaired) electrons. The summed E-state index contributed by atoms with van der Waals surface area (Å²) in [6.45, 7) is 8.80. The monoisotopic (exact) mass is 531 g/mol. The third kappa shape index (κ3) is 11.6. The molecule has 2 bridgehead atoms. The van der Waals surface area contributed by atoms with Crippen LogP contribution in [0.2, 0.25) is 0 Å². The van der Waals surface area contributed by atoms with Crippen LogP contribution >= 0.6 is 0 Å². The predicted molar refractivity (Wildman–Crippen MR) is 114 cm³/mol. The summed E-state index contributed by atoms with van der Waals surface area (Å²) < 4.78 is 68.7. The number of aliphatic carboxylic acids is 2. The lowest BCUT2D eigenvalue weighted by Gasteiger charge is -2.27. The molecule has 0 unspecified atom stereocenters. The Morgan fingerprint density at radius 2 is 1.47 bits per heavy atom. The molecule has 2 fully saturated rings. The van der Waals surface area contributed by atoms with E-state index in [1.807, 2.05) is 32.9 Å². The molecular formula is C21H27F6N3O6. The number of carboxylic acid groups (broad SMARTS) is 2. The van der Waals surface area contributed by atoms with Gasteiger partial charge in [-0.1, -0.05) is 12.1 Å². The summed E-state index contributed by atoms with van der Waals surface area (Å²) in [5, 5.41) is 20.5. The van der Waals surface area contributed by atoms with Gasteiger partial charge in [-0.3, -0.25) is 10.2 Å². The molecule has 2 atom stereocenters. The van der Waals surface area contributed by atoms with Crippen LogP contribution in [0.25, 0.3) is 0 Å². The number of anilines is 1. The van der Waals surface area contributed by atoms with Gasteiger partial charge in [-0.05, 0) is 44.9 Å². The summed E-state index contributed by atoms with van der Waals surface area (Å²) >= 11 is 0. The first-order chi connectivity index (χ1) is 16.3. The zero-order valence-electron chi connectivity index (χ0n) is 19.5. The highest BCUT2D eigenvalue weighted by molar-refractivity contribution is 5.84. The Morgan fingerprint density at radius 3 is 1.81 bits per heavy atom. The molecule has 1 aromatic rings. The van der Waals surface area contributed by atoms with Crippen molar-refractivity contribution >= 4 is 23.7 Å². The van der Waals surface area contributed by atoms with Crippen molar-refractivity contribution in [2.24, 2.45) is 0 Å². The second kappa shape index (κ2) is 12.3. The molecule has 0 spiro atoms. The van der Waals surface area contributed by atoms with E-state index >= 15 is 0 Å². The first-order valence-electron chi connectivity index (χ1n) is 10.4. The van der Waals surface area contributed by atoms with Crippen molar-refractivity contribution in [2.45, 2.75) is 63.8 Å². The number of carbonyl (C=O) groups is 3. The number of hydrogen-bond acceptors (Lipinski definition) is 6. The Bertz CT molecular complexity index is 875. The highest BCUT2D eigenvalue weighted by atomic mass is 19.4. The maximum absolute atomic E-state index is 11.7. The predicted octanol–water partition coefficient (Wildman–Crippen LogP) is 3.85. The molecule has 2 saturated heterocycles. The fourth-order valence-corrected chi connectivity index (χ4v) is 3.19. The number of alkyl halides is 6. The number of halogens is 6. The van der Waals surface area contributed by atoms with Gasteiger partial charge in [0.25, 0.3) is 0 Å². The van der Waals surface area contributed by atoms with Gasteiger partial charge in [-0.25, -0.2) is 14.4 Å². The van der Waals surface area contributed by atoms with Crippen LogP contribution in [-0.2, 0) is 20.9 Å². The van der Waals surface area contributed by atoms with E-state index in [2.05, 4.69) is 27.7 Å². The number of benzene rings is 1. The van der Waals surface area contributed by atoms with Crippen LogP contribution in [0.4, 0.5) is 36.8 Å². The molecule has 1 aromatic carbocycles. The summed E-state index contributed by atoms with van der Waals surface area (Å²) in [5.41, 5.74) is 1.57. The summed E-state index contributed by atoms with van der Waals surface area (Å²) in [5.74, 6) is -5.51. The maximum atomic E-state index is 11.7. The van der Waals surface area contributed by atoms with Crippen molar-refractivity contribution in [3.63, 3.8) is 0 Å². The Labute approximate surface area is 202 Å². The molecule has 9 nitrogen and oxygen atoms in total. The lowest BCUT2D eigenvalue weighted by Crippen LogP contribution is -2.42. The largest absolute Gasteiger partial charge is 0.490 e. The molecule has 0 aliphatic carbocycles. The number of nitrogens with one attached hydrogen (secondary N) is 2. The average molecular weight is 531 g/mol. The second-order valence-corrected chi connectivity index (χ2v) is 8.85. The number of carboxylic acids is 2. The third-order valence-electron chi connectivity index (χ3n) is 4.64. The normalized spacial score (nSPS) is 19.4. The molecule has 2 aliphatic rings. The molecule has 1 amide bonds. The van der Waals surface area contributed by atoms with Gasteiger partial charge >= 0.3 is 30.4 Å². The Kier molecular flexibility index (Phi) is 10.5. The van der Waals surface area contributed by atoms with Crippen LogP contribution in [-0.4, -0.2) is 76.3 Å². The van der Waals surface area contributed by atoms with E-state index < -0.39 is 36.0 Å². The van der Waals surface area contributed by atoms with E-state index in [0.717, 1.165) is 25.3 Å². The van der Waals surface area contributed by atoms with E-state index in [1.54, 1.807) is 0 Å². The van der Waals surface area contributed by atoms with Crippen molar-refractivity contribution in [1.29, 1.82) is 0 Å². The molecule has 0 saturated carbocycles. The highest BCUT2D eigenvalue weighted by Crippen LogP contribution is 2.25. The van der Waals surface area contributed by atoms with Crippen molar-refractivity contribution in [3.05, 3.63) is 29.8 Å². The second-order valence-electron chi connectivity index (χ2n) is 8.85. The molecule has 204 valence electrons. The first kappa shape index (κ1) is 31.0. The SMILES string of the molecule is CC(C)(C)OC(=O)Nc1ccc(CN2C[C@@H]3C[C@H]2CN3)cc1.O=C(O)C(F)(F)F.O=C(O)C(F)(F)F. The molecular weight excluding hydrogens is 504 g/mol. The number of fused-ring (bicyclic) bond motifs is 2. The number of nitrogens with zero attached hydrogens (tertiary/aromatic N) is 1. The number of rotatable bonds is 3. The van der Waals surface area contributed by atoms with Crippen LogP contribution in [0.3, 0.4) is 0 Å². The van der Waals surface area contributed by atoms with E-state index in [0.29, 0.717) is 12.1 Å². The Balaban J connectivity index is 0.000000383. The maximum Gasteiger partial charge on any atom is 0.490 e. The smallest absolute Gasteiger partial charge is 0.475 e. The van der Waals surface area contributed by atoms with Crippen molar-refractivity contribution < 1.29 is 55.7 Å². The van der Waals surface area contributed by atoms with Gasteiger partial charge in [0.15, 0.2) is 0 Å². The van der Waals surface area contributed by atoms with Crippen LogP contribution in [0.1, 0.15) is 32.8 Å². The van der Waals surface area contributed by atoms with Crippen LogP contribution < -0.4 is 10.6 Å². The van der Waals surface area contributed by atoms with Gasteiger partial charge < -0.3 is 20.3 Å². The summed E-state index contributed by atoms with van der Waals surface area (Å²) in [4.78, 5) is 32.1. The van der Waals surface area contributed by atoms with Crippen LogP contribution in [0.15, 0.2) is 24.3 Å². The molecule has 4 N–H and O–H groups in total. The number of amides is 1. The number of hydrogen-bond donors (Lipinski definition) is 4. The number of carbonyl (C=O) groups excluding carboxylic acids is 1. The number of likely N-dealkylation sites (tertiary alicyclic amines) is 1. The van der Waals surface area contributed by atoms with E-state index in [1.165, 1.54) is 12.0 Å². The van der Waals surface area contributed by atoms with Gasteiger partial charge in [0, 0.05) is 37.4 Å². The van der Waals surface area contributed by atoms with Crippen molar-refractivity contribution in [2.75, 3.05) is 18.4 Å². The van der Waals surface area contributed by atoms with Crippen molar-refractivity contribution in [3.8, 4) is 0 Å². The fourth-order valence-electron chi connectivity index (χ4n) is 3.19. The first-order valence-corrected chi connectivity index (χ1v) is 10.4. The van der Waals surface area contributed by atoms with Crippen LogP contribution in [0, 0.1) is 0 Å². The molecule has 0 aromatic heterocycles. The summed E-state index contributed by atoms with van der Waals surface area (Å²) in [6, 6.07) is 9.39. The van der Waals surface area contributed by atoms with Crippen LogP contribution in [0.5, 0.6) is 0 Å². The summed E-state index contributed by atoms with van der Waals surface area (Å²) in [6.07, 6.45) is -9.30. The number of piperazine rings is 1. The summed E-state index contributed by atoms with van der Waals surface area (Å²) in [7, 11) is 0. The van der Waals surface area contributed by atoms with E-state index in [-0.39, 0.29) is 0 Å². The standard InChI is InChI=1S/C17H25N3O2.2C2HF3O2/c1-17(2,3)22-16(21)19-13-6-4-12(5-7-13)10-20-11-14-8-15(20)9-18-14;2*3-2(4,5)1(6)7/h4-7,14-15,18H,8-11H2,1-3H3,(H,19,21);2*(H,6,7)/t14-,15-;;/m0../s1. The molecule has 2 heterocycles. The van der Waals surface area contributed by atoms with E-state index in [4.69, 9.17) is 24.5 Å². The zero-order valence-corrected chi connectivity index (χ0v) is 19.5. The average Bonchev–Trinajstić information content (AvgIpc) is 3.30. The minimum atomic E-state index is -5.08. The lowest BCUT2D eigenvalue weighted by atomic mass is 10.1. The third-order valence-corrected chi connectivity index (χ3v) is 4.64. The lowest BCUT2D eigenvalue weighted by molar-refractivity contribution is -0.193. The van der Waals surface area contributed by atoms with Crippen molar-refractivity contribution in [1.82, 2.24) is 10.2 Å². The molecule has 3 rings (SSSR count). The highest BCUT2D eigenvalue weighted by Gasteiger charge is 2.39. The molecule has 2 aliphatic heterocycles. The fraction of sp³-hybridized carbons (Fsp3) is 0.571. The molecule has 15 heteroatoms. The number of ether oxygens (including phenoxy) is 1. The minimum absolute atomic E-state index is 0.414. The quantitative estimate of drug-likeness (QED) is 0.433. The topological polar surface area (TPSA) is 128 Å². The van der Waals surface area contributed by atoms with Gasteiger partial charge in [-0.15, -0.1) is 0 Å². The Hall–Kier alpha value is -3.07. The van der Waals surface area contributed by atoms with Gasteiger partial charge in [0.1, 0.15) is 5.60 Å². The van der Waals surface area contributed by atoms with Gasteiger partial charge in [0.2, 0.25) is 0 Å². The minimum Gasteiger partial charge on any atom is -0.475 e. The van der Waals surface area contributed by atoms with Gasteiger partial charge in [0.05, 0.1) is 0 Å².